The first-order valence-electron chi connectivity index (χ1n) is 6.40. The average molecular weight is 247 g/mol. The van der Waals surface area contributed by atoms with Gasteiger partial charge in [0.15, 0.2) is 5.96 Å². The smallest absolute Gasteiger partial charge is 0.194 e. The van der Waals surface area contributed by atoms with Gasteiger partial charge in [0.1, 0.15) is 5.75 Å². The van der Waals surface area contributed by atoms with Gasteiger partial charge in [-0.3, -0.25) is 4.99 Å². The molecule has 0 aliphatic carbocycles. The lowest BCUT2D eigenvalue weighted by molar-refractivity contribution is 0.242. The van der Waals surface area contributed by atoms with E-state index in [9.17, 15) is 0 Å². The molecule has 0 saturated heterocycles. The van der Waals surface area contributed by atoms with Gasteiger partial charge in [-0.2, -0.15) is 0 Å². The summed E-state index contributed by atoms with van der Waals surface area (Å²) in [7, 11) is 2.05. The van der Waals surface area contributed by atoms with Crippen molar-refractivity contribution in [2.75, 3.05) is 20.1 Å². The number of guanidine groups is 1. The molecule has 2 rings (SSSR count). The van der Waals surface area contributed by atoms with E-state index in [1.165, 1.54) is 5.56 Å². The van der Waals surface area contributed by atoms with Crippen molar-refractivity contribution in [1.29, 1.82) is 0 Å². The van der Waals surface area contributed by atoms with Gasteiger partial charge >= 0.3 is 0 Å². The number of nitrogens with zero attached hydrogens (tertiary/aromatic N) is 2. The third kappa shape index (κ3) is 3.39. The Hall–Kier alpha value is -1.71. The largest absolute Gasteiger partial charge is 0.491 e. The van der Waals surface area contributed by atoms with Gasteiger partial charge in [-0.1, -0.05) is 12.1 Å². The van der Waals surface area contributed by atoms with Gasteiger partial charge in [-0.25, -0.2) is 0 Å². The van der Waals surface area contributed by atoms with E-state index < -0.39 is 0 Å². The van der Waals surface area contributed by atoms with Crippen LogP contribution in [0.3, 0.4) is 0 Å². The molecule has 0 unspecified atom stereocenters. The number of ether oxygens (including phenoxy) is 1. The Balaban J connectivity index is 1.86. The summed E-state index contributed by atoms with van der Waals surface area (Å²) in [5.41, 5.74) is 1.23. The molecule has 1 heterocycles. The molecule has 1 aliphatic rings. The number of likely N-dealkylation sites (N-methyl/N-ethyl adjacent to an activating group) is 1. The van der Waals surface area contributed by atoms with E-state index in [1.54, 1.807) is 0 Å². The fraction of sp³-hybridized carbons (Fsp3) is 0.500. The van der Waals surface area contributed by atoms with Crippen LogP contribution in [0.2, 0.25) is 0 Å². The summed E-state index contributed by atoms with van der Waals surface area (Å²) in [6.07, 6.45) is 0.218. The van der Waals surface area contributed by atoms with Gasteiger partial charge in [0.25, 0.3) is 0 Å². The van der Waals surface area contributed by atoms with Crippen LogP contribution in [0.25, 0.3) is 0 Å². The van der Waals surface area contributed by atoms with Crippen molar-refractivity contribution in [1.82, 2.24) is 10.2 Å². The summed E-state index contributed by atoms with van der Waals surface area (Å²) < 4.78 is 5.61. The first kappa shape index (κ1) is 12.7. The third-order valence-corrected chi connectivity index (χ3v) is 2.80. The Labute approximate surface area is 109 Å². The Kier molecular flexibility index (Phi) is 4.07. The number of rotatable bonds is 4. The van der Waals surface area contributed by atoms with E-state index in [4.69, 9.17) is 4.74 Å². The molecule has 1 aromatic carbocycles. The van der Waals surface area contributed by atoms with Gasteiger partial charge in [0.05, 0.1) is 12.6 Å². The van der Waals surface area contributed by atoms with Gasteiger partial charge in [-0.15, -0.1) is 0 Å². The van der Waals surface area contributed by atoms with Crippen LogP contribution in [-0.4, -0.2) is 37.1 Å². The molecule has 0 spiro atoms. The highest BCUT2D eigenvalue weighted by molar-refractivity contribution is 5.81. The molecular weight excluding hydrogens is 226 g/mol. The van der Waals surface area contributed by atoms with Crippen LogP contribution in [0.15, 0.2) is 29.3 Å². The van der Waals surface area contributed by atoms with Crippen LogP contribution in [0, 0.1) is 0 Å². The molecule has 1 aromatic rings. The first-order chi connectivity index (χ1) is 8.65. The molecule has 0 aromatic heterocycles. The third-order valence-electron chi connectivity index (χ3n) is 2.80. The second kappa shape index (κ2) is 5.76. The number of nitrogens with one attached hydrogen (secondary N) is 1. The van der Waals surface area contributed by atoms with E-state index in [-0.39, 0.29) is 6.10 Å². The lowest BCUT2D eigenvalue weighted by atomic mass is 10.2. The minimum atomic E-state index is 0.218. The van der Waals surface area contributed by atoms with E-state index >= 15 is 0 Å². The van der Waals surface area contributed by atoms with Crippen LogP contribution in [-0.2, 0) is 6.54 Å². The number of hydrogen-bond donors (Lipinski definition) is 1. The Morgan fingerprint density at radius 1 is 1.33 bits per heavy atom. The Bertz CT molecular complexity index is 412. The Morgan fingerprint density at radius 2 is 2.06 bits per heavy atom. The van der Waals surface area contributed by atoms with Crippen molar-refractivity contribution < 1.29 is 4.74 Å². The van der Waals surface area contributed by atoms with Crippen LogP contribution < -0.4 is 10.1 Å². The van der Waals surface area contributed by atoms with Crippen LogP contribution in [0.1, 0.15) is 19.4 Å². The molecule has 0 bridgehead atoms. The fourth-order valence-corrected chi connectivity index (χ4v) is 1.86. The van der Waals surface area contributed by atoms with Crippen molar-refractivity contribution in [3.8, 4) is 5.75 Å². The summed E-state index contributed by atoms with van der Waals surface area (Å²) in [5.74, 6) is 1.90. The lowest BCUT2D eigenvalue weighted by Crippen LogP contribution is -2.35. The molecular formula is C14H21N3O. The molecule has 0 fully saturated rings. The molecule has 1 aliphatic heterocycles. The van der Waals surface area contributed by atoms with Crippen molar-refractivity contribution in [2.45, 2.75) is 26.5 Å². The molecule has 0 radical (unpaired) electrons. The zero-order valence-electron chi connectivity index (χ0n) is 11.3. The molecule has 4 heteroatoms. The van der Waals surface area contributed by atoms with Crippen LogP contribution in [0.4, 0.5) is 0 Å². The first-order valence-corrected chi connectivity index (χ1v) is 6.40. The van der Waals surface area contributed by atoms with Gasteiger partial charge in [-0.05, 0) is 31.5 Å². The Morgan fingerprint density at radius 3 is 2.61 bits per heavy atom. The summed E-state index contributed by atoms with van der Waals surface area (Å²) >= 11 is 0. The zero-order valence-corrected chi connectivity index (χ0v) is 11.3. The van der Waals surface area contributed by atoms with E-state index in [1.807, 2.05) is 26.0 Å². The summed E-state index contributed by atoms with van der Waals surface area (Å²) in [5, 5.41) is 3.34. The van der Waals surface area contributed by atoms with Crippen molar-refractivity contribution in [3.63, 3.8) is 0 Å². The summed E-state index contributed by atoms with van der Waals surface area (Å²) in [6.45, 7) is 6.75. The topological polar surface area (TPSA) is 36.9 Å². The zero-order chi connectivity index (χ0) is 13.0. The maximum Gasteiger partial charge on any atom is 0.194 e. The van der Waals surface area contributed by atoms with Crippen molar-refractivity contribution in [3.05, 3.63) is 29.8 Å². The van der Waals surface area contributed by atoms with Crippen LogP contribution in [0.5, 0.6) is 5.75 Å². The molecule has 0 atom stereocenters. The van der Waals surface area contributed by atoms with Gasteiger partial charge in [0, 0.05) is 20.1 Å². The predicted octanol–water partition coefficient (Wildman–Crippen LogP) is 1.86. The molecule has 1 N–H and O–H groups in total. The summed E-state index contributed by atoms with van der Waals surface area (Å²) in [6, 6.07) is 8.19. The monoisotopic (exact) mass is 247 g/mol. The van der Waals surface area contributed by atoms with Gasteiger partial charge < -0.3 is 15.0 Å². The predicted molar refractivity (Wildman–Crippen MR) is 74.0 cm³/mol. The maximum absolute atomic E-state index is 5.61. The molecule has 0 saturated carbocycles. The molecule has 18 heavy (non-hydrogen) atoms. The number of benzene rings is 1. The lowest BCUT2D eigenvalue weighted by Gasteiger charge is -2.15. The van der Waals surface area contributed by atoms with Crippen molar-refractivity contribution >= 4 is 5.96 Å². The fourth-order valence-electron chi connectivity index (χ4n) is 1.86. The molecule has 4 nitrogen and oxygen atoms in total. The van der Waals surface area contributed by atoms with E-state index in [2.05, 4.69) is 34.4 Å². The van der Waals surface area contributed by atoms with Crippen LogP contribution >= 0.6 is 0 Å². The average Bonchev–Trinajstić information content (AvgIpc) is 2.73. The minimum absolute atomic E-state index is 0.218. The standard InChI is InChI=1S/C14H21N3O/c1-11(2)18-13-6-4-12(5-7-13)10-16-14-15-8-9-17(14)3/h4-7,11H,8-10H2,1-3H3,(H,15,16). The SMILES string of the molecule is CC(C)Oc1ccc(CNC2=NCCN2C)cc1. The van der Waals surface area contributed by atoms with Crippen molar-refractivity contribution in [2.24, 2.45) is 4.99 Å². The van der Waals surface area contributed by atoms with Gasteiger partial charge in [0.2, 0.25) is 0 Å². The highest BCUT2D eigenvalue weighted by atomic mass is 16.5. The normalized spacial score (nSPS) is 14.9. The van der Waals surface area contributed by atoms with E-state index in [0.29, 0.717) is 0 Å². The highest BCUT2D eigenvalue weighted by Gasteiger charge is 2.11. The molecule has 98 valence electrons. The maximum atomic E-state index is 5.61. The highest BCUT2D eigenvalue weighted by Crippen LogP contribution is 2.13. The minimum Gasteiger partial charge on any atom is -0.491 e. The number of hydrogen-bond acceptors (Lipinski definition) is 4. The second-order valence-electron chi connectivity index (χ2n) is 4.79. The quantitative estimate of drug-likeness (QED) is 0.882. The second-order valence-corrected chi connectivity index (χ2v) is 4.79. The van der Waals surface area contributed by atoms with E-state index in [0.717, 1.165) is 31.3 Å². The number of aliphatic imine (C=N–C) groups is 1. The summed E-state index contributed by atoms with van der Waals surface area (Å²) in [4.78, 5) is 6.53. The molecule has 0 amide bonds.